The van der Waals surface area contributed by atoms with Crippen molar-refractivity contribution in [3.05, 3.63) is 65.6 Å². The number of thiazole rings is 1. The molecule has 0 radical (unpaired) electrons. The topological polar surface area (TPSA) is 89.4 Å². The number of nitrogens with zero attached hydrogens (tertiary/aromatic N) is 5. The zero-order chi connectivity index (χ0) is 21.8. The van der Waals surface area contributed by atoms with Crippen molar-refractivity contribution < 1.29 is 4.79 Å². The van der Waals surface area contributed by atoms with Crippen molar-refractivity contribution in [2.45, 2.75) is 25.8 Å². The van der Waals surface area contributed by atoms with Gasteiger partial charge in [-0.1, -0.05) is 13.0 Å². The van der Waals surface area contributed by atoms with E-state index in [-0.39, 0.29) is 11.9 Å². The number of aromatic nitrogens is 4. The molecule has 8 heteroatoms. The van der Waals surface area contributed by atoms with E-state index < -0.39 is 0 Å². The molecule has 32 heavy (non-hydrogen) atoms. The fourth-order valence-corrected chi connectivity index (χ4v) is 5.44. The van der Waals surface area contributed by atoms with Crippen molar-refractivity contribution in [2.24, 2.45) is 5.92 Å². The average molecular weight is 443 g/mol. The number of imidazole rings is 1. The summed E-state index contributed by atoms with van der Waals surface area (Å²) in [5.74, 6) is 0.920. The highest BCUT2D eigenvalue weighted by Crippen LogP contribution is 2.36. The number of rotatable bonds is 2. The largest absolute Gasteiger partial charge is 0.382 e. The van der Waals surface area contributed by atoms with E-state index in [9.17, 15) is 4.79 Å². The van der Waals surface area contributed by atoms with Gasteiger partial charge in [0.25, 0.3) is 5.91 Å². The lowest BCUT2D eigenvalue weighted by atomic mass is 9.89. The highest BCUT2D eigenvalue weighted by atomic mass is 32.1. The van der Waals surface area contributed by atoms with Crippen LogP contribution in [-0.4, -0.2) is 36.7 Å². The molecule has 2 aromatic carbocycles. The highest BCUT2D eigenvalue weighted by Gasteiger charge is 2.32. The van der Waals surface area contributed by atoms with E-state index >= 15 is 0 Å². The summed E-state index contributed by atoms with van der Waals surface area (Å²) in [7, 11) is 0. The average Bonchev–Trinajstić information content (AvgIpc) is 3.48. The second kappa shape index (κ2) is 7.27. The fourth-order valence-electron chi connectivity index (χ4n) is 4.78. The summed E-state index contributed by atoms with van der Waals surface area (Å²) in [6.07, 6.45) is 5.44. The molecule has 0 aliphatic carbocycles. The van der Waals surface area contributed by atoms with Crippen LogP contribution < -0.4 is 5.73 Å². The van der Waals surface area contributed by atoms with Crippen molar-refractivity contribution in [2.75, 3.05) is 12.3 Å². The van der Waals surface area contributed by atoms with E-state index in [1.165, 1.54) is 4.70 Å². The smallest absolute Gasteiger partial charge is 0.254 e. The van der Waals surface area contributed by atoms with E-state index in [4.69, 9.17) is 5.73 Å². The molecule has 2 atom stereocenters. The maximum atomic E-state index is 13.8. The van der Waals surface area contributed by atoms with Gasteiger partial charge in [-0.3, -0.25) is 9.20 Å². The lowest BCUT2D eigenvalue weighted by Gasteiger charge is -2.39. The Kier molecular flexibility index (Phi) is 4.36. The molecular formula is C24H22N6OS. The van der Waals surface area contributed by atoms with E-state index in [0.717, 1.165) is 47.0 Å². The van der Waals surface area contributed by atoms with Crippen molar-refractivity contribution in [1.29, 1.82) is 0 Å². The van der Waals surface area contributed by atoms with Gasteiger partial charge in [-0.05, 0) is 54.7 Å². The number of hydrogen-bond donors (Lipinski definition) is 1. The first-order chi connectivity index (χ1) is 15.6. The minimum Gasteiger partial charge on any atom is -0.382 e. The fraction of sp³-hybridized carbons (Fsp3) is 0.250. The van der Waals surface area contributed by atoms with E-state index in [1.54, 1.807) is 23.9 Å². The summed E-state index contributed by atoms with van der Waals surface area (Å²) >= 11 is 1.64. The molecule has 1 saturated heterocycles. The molecule has 0 spiro atoms. The Labute approximate surface area is 188 Å². The Morgan fingerprint density at radius 2 is 2.03 bits per heavy atom. The lowest BCUT2D eigenvalue weighted by molar-refractivity contribution is 0.0545. The first-order valence-corrected chi connectivity index (χ1v) is 11.6. The van der Waals surface area contributed by atoms with Gasteiger partial charge in [-0.2, -0.15) is 0 Å². The molecule has 1 aliphatic heterocycles. The van der Waals surface area contributed by atoms with Crippen LogP contribution in [0.4, 0.5) is 5.82 Å². The number of carbonyl (C=O) groups is 1. The van der Waals surface area contributed by atoms with E-state index in [1.807, 2.05) is 33.0 Å². The predicted molar refractivity (Wildman–Crippen MR) is 127 cm³/mol. The number of nitrogens with two attached hydrogens (primary N) is 1. The van der Waals surface area contributed by atoms with E-state index in [0.29, 0.717) is 17.3 Å². The molecule has 1 aliphatic rings. The van der Waals surface area contributed by atoms with Crippen molar-refractivity contribution >= 4 is 49.8 Å². The van der Waals surface area contributed by atoms with E-state index in [2.05, 4.69) is 40.1 Å². The Morgan fingerprint density at radius 1 is 1.12 bits per heavy atom. The summed E-state index contributed by atoms with van der Waals surface area (Å²) in [4.78, 5) is 28.9. The van der Waals surface area contributed by atoms with Crippen LogP contribution in [0.15, 0.2) is 54.4 Å². The molecule has 4 heterocycles. The number of carbonyl (C=O) groups excluding carboxylic acids is 1. The lowest BCUT2D eigenvalue weighted by Crippen LogP contribution is -2.41. The zero-order valence-corrected chi connectivity index (χ0v) is 18.4. The van der Waals surface area contributed by atoms with Crippen LogP contribution in [0.5, 0.6) is 0 Å². The van der Waals surface area contributed by atoms with Gasteiger partial charge in [0.1, 0.15) is 11.3 Å². The molecular weight excluding hydrogens is 420 g/mol. The van der Waals surface area contributed by atoms with Crippen molar-refractivity contribution in [3.63, 3.8) is 0 Å². The third-order valence-corrected chi connectivity index (χ3v) is 7.25. The molecule has 1 amide bonds. The van der Waals surface area contributed by atoms with Gasteiger partial charge in [0, 0.05) is 12.1 Å². The predicted octanol–water partition coefficient (Wildman–Crippen LogP) is 4.69. The summed E-state index contributed by atoms with van der Waals surface area (Å²) in [6, 6.07) is 12.0. The molecule has 0 bridgehead atoms. The molecule has 2 unspecified atom stereocenters. The minimum atomic E-state index is 0.0342. The van der Waals surface area contributed by atoms with Crippen molar-refractivity contribution in [1.82, 2.24) is 24.3 Å². The van der Waals surface area contributed by atoms with Gasteiger partial charge in [-0.15, -0.1) is 11.3 Å². The number of benzene rings is 2. The molecule has 1 fully saturated rings. The monoisotopic (exact) mass is 442 g/mol. The third-order valence-electron chi connectivity index (χ3n) is 6.44. The minimum absolute atomic E-state index is 0.0342. The molecule has 7 nitrogen and oxygen atoms in total. The number of amides is 1. The van der Waals surface area contributed by atoms with Crippen LogP contribution in [0.3, 0.4) is 0 Å². The van der Waals surface area contributed by atoms with Gasteiger partial charge in [0.2, 0.25) is 0 Å². The maximum Gasteiger partial charge on any atom is 0.254 e. The van der Waals surface area contributed by atoms with Crippen molar-refractivity contribution in [3.8, 4) is 0 Å². The summed E-state index contributed by atoms with van der Waals surface area (Å²) < 4.78 is 3.06. The number of nitrogen functional groups attached to an aromatic ring is 1. The molecule has 0 saturated carbocycles. The van der Waals surface area contributed by atoms with Gasteiger partial charge >= 0.3 is 0 Å². The highest BCUT2D eigenvalue weighted by molar-refractivity contribution is 7.16. The quantitative estimate of drug-likeness (QED) is 0.428. The Hall–Kier alpha value is -3.52. The normalized spacial score (nSPS) is 19.2. The van der Waals surface area contributed by atoms with Gasteiger partial charge in [-0.25, -0.2) is 15.0 Å². The van der Waals surface area contributed by atoms with Gasteiger partial charge in [0.15, 0.2) is 0 Å². The molecule has 5 aromatic rings. The van der Waals surface area contributed by atoms with Crippen LogP contribution in [0.2, 0.25) is 0 Å². The van der Waals surface area contributed by atoms with Crippen LogP contribution in [0.25, 0.3) is 26.8 Å². The number of piperidine rings is 1. The number of hydrogen-bond acceptors (Lipinski definition) is 6. The maximum absolute atomic E-state index is 13.8. The van der Waals surface area contributed by atoms with Gasteiger partial charge < -0.3 is 10.6 Å². The first-order valence-electron chi connectivity index (χ1n) is 10.7. The van der Waals surface area contributed by atoms with Crippen LogP contribution >= 0.6 is 11.3 Å². The van der Waals surface area contributed by atoms with Crippen LogP contribution in [0, 0.1) is 5.92 Å². The molecule has 2 N–H and O–H groups in total. The third kappa shape index (κ3) is 3.02. The second-order valence-corrected chi connectivity index (χ2v) is 9.47. The SMILES string of the molecule is CC1CCC(c2ccc3scnc3c2)N(C(=O)c2ccc3nc(N)c4cncn4c3c2)C1. The molecule has 6 rings (SSSR count). The second-order valence-electron chi connectivity index (χ2n) is 8.58. The molecule has 3 aromatic heterocycles. The number of likely N-dealkylation sites (tertiary alicyclic amines) is 1. The van der Waals surface area contributed by atoms with Crippen LogP contribution in [0.1, 0.15) is 41.7 Å². The standard InChI is InChI=1S/C24H22N6OS/c1-14-2-6-19(15-4-7-22-18(8-15)27-13-32-22)29(11-14)24(31)16-3-5-17-20(9-16)30-12-26-10-21(30)23(25)28-17/h3-5,7-10,12-14,19H,2,6,11H2,1H3,(H2,25,28). The Morgan fingerprint density at radius 3 is 2.94 bits per heavy atom. The molecule has 160 valence electrons. The number of fused-ring (bicyclic) bond motifs is 4. The Bertz CT molecular complexity index is 1490. The summed E-state index contributed by atoms with van der Waals surface area (Å²) in [6.45, 7) is 2.94. The summed E-state index contributed by atoms with van der Waals surface area (Å²) in [5, 5.41) is 0. The first kappa shape index (κ1) is 19.2. The Balaban J connectivity index is 1.42. The van der Waals surface area contributed by atoms with Gasteiger partial charge in [0.05, 0.1) is 45.3 Å². The summed E-state index contributed by atoms with van der Waals surface area (Å²) in [5.41, 5.74) is 13.0. The zero-order valence-electron chi connectivity index (χ0n) is 17.6. The number of anilines is 1. The van der Waals surface area contributed by atoms with Crippen LogP contribution in [-0.2, 0) is 0 Å².